The van der Waals surface area contributed by atoms with Crippen molar-refractivity contribution in [2.75, 3.05) is 7.11 Å². The summed E-state index contributed by atoms with van der Waals surface area (Å²) in [7, 11) is 1.51. The zero-order valence-electron chi connectivity index (χ0n) is 17.1. The maximum Gasteiger partial charge on any atom is 0.287 e. The van der Waals surface area contributed by atoms with Gasteiger partial charge in [0.15, 0.2) is 11.5 Å². The highest BCUT2D eigenvalue weighted by molar-refractivity contribution is 6.01. The molecule has 1 heterocycles. The van der Waals surface area contributed by atoms with Gasteiger partial charge in [0.25, 0.3) is 5.69 Å². The number of hydrogen-bond donors (Lipinski definition) is 0. The van der Waals surface area contributed by atoms with Crippen molar-refractivity contribution < 1.29 is 14.4 Å². The summed E-state index contributed by atoms with van der Waals surface area (Å²) in [4.78, 5) is 14.2. The van der Waals surface area contributed by atoms with Crippen molar-refractivity contribution in [3.63, 3.8) is 0 Å². The van der Waals surface area contributed by atoms with E-state index in [4.69, 9.17) is 9.47 Å². The molecule has 0 radical (unpaired) electrons. The Morgan fingerprint density at radius 3 is 2.59 bits per heavy atom. The van der Waals surface area contributed by atoms with Crippen molar-refractivity contribution in [2.24, 2.45) is 0 Å². The third-order valence-corrected chi connectivity index (χ3v) is 4.85. The minimum atomic E-state index is -0.527. The van der Waals surface area contributed by atoms with E-state index in [2.05, 4.69) is 11.1 Å². The Morgan fingerprint density at radius 1 is 1.06 bits per heavy atom. The van der Waals surface area contributed by atoms with Gasteiger partial charge in [-0.3, -0.25) is 10.1 Å². The van der Waals surface area contributed by atoms with E-state index in [0.717, 1.165) is 28.1 Å². The van der Waals surface area contributed by atoms with Gasteiger partial charge in [-0.25, -0.2) is 4.98 Å². The van der Waals surface area contributed by atoms with Crippen molar-refractivity contribution in [1.29, 1.82) is 5.26 Å². The number of fused-ring (bicyclic) bond motifs is 1. The maximum absolute atomic E-state index is 10.8. The number of methoxy groups -OCH3 is 1. The number of nitrogens with zero attached hydrogens (tertiary/aromatic N) is 3. The summed E-state index contributed by atoms with van der Waals surface area (Å²) in [6.07, 6.45) is 2.92. The van der Waals surface area contributed by atoms with Crippen LogP contribution in [0.2, 0.25) is 0 Å². The summed E-state index contributed by atoms with van der Waals surface area (Å²) >= 11 is 0. The topological polar surface area (TPSA) is 98.3 Å². The maximum atomic E-state index is 10.8. The molecular formula is C25H17N3O4. The second-order valence-corrected chi connectivity index (χ2v) is 6.82. The molecule has 0 saturated heterocycles. The minimum absolute atomic E-state index is 0.123. The number of aromatic nitrogens is 1. The zero-order chi connectivity index (χ0) is 22.5. The molecule has 0 atom stereocenters. The zero-order valence-corrected chi connectivity index (χ0v) is 17.1. The van der Waals surface area contributed by atoms with Gasteiger partial charge in [-0.1, -0.05) is 48.5 Å². The van der Waals surface area contributed by atoms with E-state index in [-0.39, 0.29) is 11.6 Å². The summed E-state index contributed by atoms with van der Waals surface area (Å²) in [5.74, 6) is 1.04. The van der Waals surface area contributed by atoms with Crippen LogP contribution in [0.5, 0.6) is 17.4 Å². The van der Waals surface area contributed by atoms with Crippen LogP contribution in [0, 0.1) is 21.4 Å². The normalized spacial score (nSPS) is 11.1. The molecule has 4 aromatic rings. The molecule has 0 fully saturated rings. The number of ether oxygens (including phenoxy) is 2. The summed E-state index contributed by atoms with van der Waals surface area (Å²) in [5, 5.41) is 22.6. The van der Waals surface area contributed by atoms with Gasteiger partial charge < -0.3 is 9.47 Å². The summed E-state index contributed by atoms with van der Waals surface area (Å²) < 4.78 is 11.2. The van der Waals surface area contributed by atoms with E-state index in [1.54, 1.807) is 24.3 Å². The molecule has 0 N–H and O–H groups in total. The lowest BCUT2D eigenvalue weighted by atomic mass is 9.97. The molecule has 156 valence electrons. The van der Waals surface area contributed by atoms with Crippen LogP contribution in [0.3, 0.4) is 0 Å². The van der Waals surface area contributed by atoms with Crippen LogP contribution in [-0.4, -0.2) is 17.0 Å². The van der Waals surface area contributed by atoms with Gasteiger partial charge in [0, 0.05) is 17.7 Å². The van der Waals surface area contributed by atoms with Crippen molar-refractivity contribution in [3.05, 3.63) is 100 Å². The minimum Gasteiger partial charge on any atom is -0.493 e. The molecule has 0 aliphatic heterocycles. The number of hydrogen-bond acceptors (Lipinski definition) is 6. The highest BCUT2D eigenvalue weighted by atomic mass is 16.6. The molecule has 0 unspecified atom stereocenters. The highest BCUT2D eigenvalue weighted by Gasteiger charge is 2.11. The smallest absolute Gasteiger partial charge is 0.287 e. The van der Waals surface area contributed by atoms with E-state index in [1.807, 2.05) is 42.5 Å². The summed E-state index contributed by atoms with van der Waals surface area (Å²) in [6.45, 7) is 0. The Morgan fingerprint density at radius 2 is 1.88 bits per heavy atom. The van der Waals surface area contributed by atoms with Gasteiger partial charge in [0.05, 0.1) is 23.7 Å². The molecule has 7 heteroatoms. The molecule has 1 aromatic heterocycles. The van der Waals surface area contributed by atoms with E-state index < -0.39 is 4.92 Å². The van der Waals surface area contributed by atoms with Crippen LogP contribution in [0.4, 0.5) is 5.69 Å². The van der Waals surface area contributed by atoms with Gasteiger partial charge in [-0.15, -0.1) is 0 Å². The average Bonchev–Trinajstić information content (AvgIpc) is 2.83. The Kier molecular flexibility index (Phi) is 5.77. The fourth-order valence-electron chi connectivity index (χ4n) is 3.31. The molecule has 7 nitrogen and oxygen atoms in total. The number of benzene rings is 3. The molecule has 0 amide bonds. The van der Waals surface area contributed by atoms with Gasteiger partial charge in [-0.2, -0.15) is 5.26 Å². The van der Waals surface area contributed by atoms with Crippen LogP contribution < -0.4 is 9.47 Å². The quantitative estimate of drug-likeness (QED) is 0.163. The average molecular weight is 423 g/mol. The molecule has 3 aromatic carbocycles. The molecule has 0 saturated carbocycles. The predicted molar refractivity (Wildman–Crippen MR) is 121 cm³/mol. The van der Waals surface area contributed by atoms with Crippen LogP contribution in [0.15, 0.2) is 79.0 Å². The van der Waals surface area contributed by atoms with Gasteiger partial charge in [0.1, 0.15) is 6.20 Å². The molecule has 4 rings (SSSR count). The van der Waals surface area contributed by atoms with Crippen molar-refractivity contribution >= 4 is 28.1 Å². The Labute approximate surface area is 183 Å². The number of allylic oxidation sites excluding steroid dienone is 1. The third-order valence-electron chi connectivity index (χ3n) is 4.85. The number of nitro groups is 1. The Balaban J connectivity index is 1.66. The fraction of sp³-hybridized carbons (Fsp3) is 0.0400. The monoisotopic (exact) mass is 423 g/mol. The number of rotatable bonds is 6. The second kappa shape index (κ2) is 8.98. The van der Waals surface area contributed by atoms with E-state index in [1.165, 1.54) is 19.2 Å². The number of nitriles is 1. The van der Waals surface area contributed by atoms with Gasteiger partial charge in [0.2, 0.25) is 5.88 Å². The molecule has 0 aliphatic carbocycles. The van der Waals surface area contributed by atoms with Crippen molar-refractivity contribution in [1.82, 2.24) is 4.98 Å². The predicted octanol–water partition coefficient (Wildman–Crippen LogP) is 6.01. The summed E-state index contributed by atoms with van der Waals surface area (Å²) in [6, 6.07) is 24.0. The molecular weight excluding hydrogens is 406 g/mol. The molecule has 32 heavy (non-hydrogen) atoms. The summed E-state index contributed by atoms with van der Waals surface area (Å²) in [5.41, 5.74) is 2.01. The lowest BCUT2D eigenvalue weighted by Gasteiger charge is -2.11. The first-order valence-electron chi connectivity index (χ1n) is 9.65. The van der Waals surface area contributed by atoms with Gasteiger partial charge in [-0.05, 0) is 34.5 Å². The lowest BCUT2D eigenvalue weighted by Crippen LogP contribution is -1.94. The van der Waals surface area contributed by atoms with Gasteiger partial charge >= 0.3 is 0 Å². The van der Waals surface area contributed by atoms with Crippen LogP contribution in [0.25, 0.3) is 22.4 Å². The van der Waals surface area contributed by atoms with E-state index in [0.29, 0.717) is 17.1 Å². The SMILES string of the molecule is COc1cc(/C=C(/C#N)c2cccc3ccccc23)ccc1Oc1ccc([N+](=O)[O-])cn1. The first-order valence-corrected chi connectivity index (χ1v) is 9.65. The molecule has 0 bridgehead atoms. The molecule has 0 aliphatic rings. The first kappa shape index (κ1) is 20.6. The van der Waals surface area contributed by atoms with E-state index >= 15 is 0 Å². The van der Waals surface area contributed by atoms with E-state index in [9.17, 15) is 15.4 Å². The lowest BCUT2D eigenvalue weighted by molar-refractivity contribution is -0.385. The van der Waals surface area contributed by atoms with Crippen LogP contribution in [0.1, 0.15) is 11.1 Å². The Hall–Kier alpha value is -4.70. The van der Waals surface area contributed by atoms with Crippen LogP contribution in [-0.2, 0) is 0 Å². The Bertz CT molecular complexity index is 1370. The largest absolute Gasteiger partial charge is 0.493 e. The van der Waals surface area contributed by atoms with Crippen LogP contribution >= 0.6 is 0 Å². The van der Waals surface area contributed by atoms with Crippen molar-refractivity contribution in [3.8, 4) is 23.4 Å². The highest BCUT2D eigenvalue weighted by Crippen LogP contribution is 2.34. The first-order chi connectivity index (χ1) is 15.6. The number of pyridine rings is 1. The fourth-order valence-corrected chi connectivity index (χ4v) is 3.31. The van der Waals surface area contributed by atoms with Crippen molar-refractivity contribution in [2.45, 2.75) is 0 Å². The third kappa shape index (κ3) is 4.25. The molecule has 0 spiro atoms. The standard InChI is InChI=1S/C25H17N3O4/c1-31-24-14-17(9-11-23(24)32-25-12-10-20(16-27-25)28(29)30)13-19(15-26)22-8-4-6-18-5-2-3-7-21(18)22/h2-14,16H,1H3/b19-13-. The second-order valence-electron chi connectivity index (χ2n) is 6.82.